The zero-order valence-corrected chi connectivity index (χ0v) is 12.5. The van der Waals surface area contributed by atoms with Crippen LogP contribution in [0.5, 0.6) is 0 Å². The molecule has 0 aliphatic heterocycles. The maximum atomic E-state index is 12.0. The van der Waals surface area contributed by atoms with Crippen LogP contribution in [0.2, 0.25) is 0 Å². The lowest BCUT2D eigenvalue weighted by Crippen LogP contribution is -2.26. The van der Waals surface area contributed by atoms with Crippen LogP contribution in [0.3, 0.4) is 0 Å². The van der Waals surface area contributed by atoms with E-state index in [4.69, 9.17) is 5.73 Å². The zero-order chi connectivity index (χ0) is 13.8. The molecule has 7 heteroatoms. The predicted molar refractivity (Wildman–Crippen MR) is 77.4 cm³/mol. The fraction of sp³-hybridized carbons (Fsp3) is 0.417. The summed E-state index contributed by atoms with van der Waals surface area (Å²) in [7, 11) is 0. The van der Waals surface area contributed by atoms with E-state index in [0.29, 0.717) is 12.2 Å². The standard InChI is InChI=1S/C12H16N4OS2/c1-3-8-5-14-12(19-8)7(2)15-11(17)9-6-18-10(4-13)16-9/h5-7H,3-4,13H2,1-2H3,(H,15,17). The van der Waals surface area contributed by atoms with E-state index in [0.717, 1.165) is 16.4 Å². The van der Waals surface area contributed by atoms with E-state index >= 15 is 0 Å². The Hall–Kier alpha value is -1.31. The minimum absolute atomic E-state index is 0.110. The molecule has 2 aromatic rings. The van der Waals surface area contributed by atoms with Crippen molar-refractivity contribution in [2.75, 3.05) is 0 Å². The summed E-state index contributed by atoms with van der Waals surface area (Å²) in [6.07, 6.45) is 2.82. The molecule has 2 rings (SSSR count). The normalized spacial score (nSPS) is 12.4. The van der Waals surface area contributed by atoms with Gasteiger partial charge in [-0.1, -0.05) is 6.92 Å². The highest BCUT2D eigenvalue weighted by Gasteiger charge is 2.16. The molecular formula is C12H16N4OS2. The highest BCUT2D eigenvalue weighted by Crippen LogP contribution is 2.20. The number of amides is 1. The first-order chi connectivity index (χ1) is 9.13. The van der Waals surface area contributed by atoms with Crippen molar-refractivity contribution in [3.8, 4) is 0 Å². The Bertz CT molecular complexity index is 564. The van der Waals surface area contributed by atoms with Crippen molar-refractivity contribution in [2.45, 2.75) is 32.9 Å². The van der Waals surface area contributed by atoms with Gasteiger partial charge >= 0.3 is 0 Å². The summed E-state index contributed by atoms with van der Waals surface area (Å²) in [5, 5.41) is 6.31. The Morgan fingerprint density at radius 1 is 1.58 bits per heavy atom. The summed E-state index contributed by atoms with van der Waals surface area (Å²) in [6, 6.07) is -0.110. The van der Waals surface area contributed by atoms with Crippen LogP contribution in [0.15, 0.2) is 11.6 Å². The summed E-state index contributed by atoms with van der Waals surface area (Å²) in [5.41, 5.74) is 5.90. The number of nitrogens with two attached hydrogens (primary N) is 1. The van der Waals surface area contributed by atoms with E-state index in [1.54, 1.807) is 16.7 Å². The van der Waals surface area contributed by atoms with Gasteiger partial charge in [-0.25, -0.2) is 9.97 Å². The summed E-state index contributed by atoms with van der Waals surface area (Å²) < 4.78 is 0. The van der Waals surface area contributed by atoms with Gasteiger partial charge in [0.1, 0.15) is 15.7 Å². The maximum absolute atomic E-state index is 12.0. The number of nitrogens with zero attached hydrogens (tertiary/aromatic N) is 2. The molecule has 19 heavy (non-hydrogen) atoms. The summed E-state index contributed by atoms with van der Waals surface area (Å²) in [5.74, 6) is -0.184. The largest absolute Gasteiger partial charge is 0.342 e. The van der Waals surface area contributed by atoms with E-state index < -0.39 is 0 Å². The number of carbonyl (C=O) groups is 1. The Kier molecular flexibility index (Phi) is 4.62. The first-order valence-corrected chi connectivity index (χ1v) is 7.73. The molecule has 0 aliphatic rings. The number of thiazole rings is 2. The van der Waals surface area contributed by atoms with Crippen LogP contribution in [-0.4, -0.2) is 15.9 Å². The first kappa shape index (κ1) is 14.1. The third kappa shape index (κ3) is 3.37. The molecule has 0 radical (unpaired) electrons. The van der Waals surface area contributed by atoms with E-state index in [1.165, 1.54) is 16.2 Å². The number of aromatic nitrogens is 2. The molecular weight excluding hydrogens is 280 g/mol. The van der Waals surface area contributed by atoms with Crippen LogP contribution in [0, 0.1) is 0 Å². The fourth-order valence-corrected chi connectivity index (χ4v) is 3.04. The summed E-state index contributed by atoms with van der Waals surface area (Å²) >= 11 is 3.02. The second kappa shape index (κ2) is 6.23. The van der Waals surface area contributed by atoms with Crippen molar-refractivity contribution < 1.29 is 4.79 Å². The van der Waals surface area contributed by atoms with Crippen molar-refractivity contribution in [2.24, 2.45) is 5.73 Å². The molecule has 5 nitrogen and oxygen atoms in total. The smallest absolute Gasteiger partial charge is 0.271 e. The molecule has 0 aliphatic carbocycles. The number of hydrogen-bond acceptors (Lipinski definition) is 6. The van der Waals surface area contributed by atoms with Gasteiger partial charge in [-0.05, 0) is 13.3 Å². The number of hydrogen-bond donors (Lipinski definition) is 2. The maximum Gasteiger partial charge on any atom is 0.271 e. The zero-order valence-electron chi connectivity index (χ0n) is 10.8. The second-order valence-corrected chi connectivity index (χ2v) is 6.13. The van der Waals surface area contributed by atoms with Gasteiger partial charge in [0.2, 0.25) is 0 Å². The van der Waals surface area contributed by atoms with Crippen LogP contribution in [0.25, 0.3) is 0 Å². The van der Waals surface area contributed by atoms with E-state index in [2.05, 4.69) is 22.2 Å². The van der Waals surface area contributed by atoms with E-state index in [1.807, 2.05) is 13.1 Å². The lowest BCUT2D eigenvalue weighted by molar-refractivity contribution is 0.0935. The quantitative estimate of drug-likeness (QED) is 0.885. The van der Waals surface area contributed by atoms with Gasteiger partial charge in [0.05, 0.1) is 6.04 Å². The molecule has 1 atom stereocenters. The van der Waals surface area contributed by atoms with E-state index in [-0.39, 0.29) is 11.9 Å². The summed E-state index contributed by atoms with van der Waals surface area (Å²) in [6.45, 7) is 4.37. The highest BCUT2D eigenvalue weighted by atomic mass is 32.1. The predicted octanol–water partition coefficient (Wildman–Crippen LogP) is 2.11. The van der Waals surface area contributed by atoms with Gasteiger partial charge in [-0.2, -0.15) is 0 Å². The minimum Gasteiger partial charge on any atom is -0.342 e. The molecule has 2 heterocycles. The lowest BCUT2D eigenvalue weighted by atomic mass is 10.3. The average Bonchev–Trinajstić information content (AvgIpc) is 3.07. The highest BCUT2D eigenvalue weighted by molar-refractivity contribution is 7.11. The Labute approximate surface area is 119 Å². The van der Waals surface area contributed by atoms with Gasteiger partial charge in [-0.15, -0.1) is 22.7 Å². The topological polar surface area (TPSA) is 80.9 Å². The van der Waals surface area contributed by atoms with E-state index in [9.17, 15) is 4.79 Å². The Balaban J connectivity index is 2.01. The molecule has 0 aromatic carbocycles. The molecule has 0 fully saturated rings. The molecule has 0 saturated carbocycles. The van der Waals surface area contributed by atoms with Crippen molar-refractivity contribution in [3.63, 3.8) is 0 Å². The minimum atomic E-state index is -0.184. The van der Waals surface area contributed by atoms with Gasteiger partial charge in [0.15, 0.2) is 0 Å². The third-order valence-electron chi connectivity index (χ3n) is 2.60. The Morgan fingerprint density at radius 3 is 2.95 bits per heavy atom. The van der Waals surface area contributed by atoms with Crippen molar-refractivity contribution in [1.29, 1.82) is 0 Å². The molecule has 0 spiro atoms. The van der Waals surface area contributed by atoms with Crippen LogP contribution in [-0.2, 0) is 13.0 Å². The van der Waals surface area contributed by atoms with Crippen LogP contribution >= 0.6 is 22.7 Å². The Morgan fingerprint density at radius 2 is 2.37 bits per heavy atom. The summed E-state index contributed by atoms with van der Waals surface area (Å²) in [4.78, 5) is 21.7. The SMILES string of the molecule is CCc1cnc(C(C)NC(=O)c2csc(CN)n2)s1. The van der Waals surface area contributed by atoms with Crippen LogP contribution in [0.1, 0.15) is 45.3 Å². The third-order valence-corrected chi connectivity index (χ3v) is 4.79. The molecule has 3 N–H and O–H groups in total. The van der Waals surface area contributed by atoms with Crippen molar-refractivity contribution in [1.82, 2.24) is 15.3 Å². The molecule has 1 unspecified atom stereocenters. The molecule has 1 amide bonds. The molecule has 102 valence electrons. The molecule has 0 saturated heterocycles. The number of carbonyl (C=O) groups excluding carboxylic acids is 1. The number of rotatable bonds is 5. The van der Waals surface area contributed by atoms with Crippen LogP contribution in [0.4, 0.5) is 0 Å². The lowest BCUT2D eigenvalue weighted by Gasteiger charge is -2.09. The average molecular weight is 296 g/mol. The van der Waals surface area contributed by atoms with Crippen molar-refractivity contribution >= 4 is 28.6 Å². The second-order valence-electron chi connectivity index (χ2n) is 4.04. The van der Waals surface area contributed by atoms with Gasteiger partial charge in [0, 0.05) is 23.0 Å². The fourth-order valence-electron chi connectivity index (χ4n) is 1.53. The number of aryl methyl sites for hydroxylation is 1. The molecule has 0 bridgehead atoms. The van der Waals surface area contributed by atoms with Crippen molar-refractivity contribution in [3.05, 3.63) is 32.2 Å². The first-order valence-electron chi connectivity index (χ1n) is 6.04. The van der Waals surface area contributed by atoms with Crippen LogP contribution < -0.4 is 11.1 Å². The monoisotopic (exact) mass is 296 g/mol. The van der Waals surface area contributed by atoms with Gasteiger partial charge < -0.3 is 11.1 Å². The molecule has 2 aromatic heterocycles. The van der Waals surface area contributed by atoms with Gasteiger partial charge in [-0.3, -0.25) is 4.79 Å². The number of nitrogens with one attached hydrogen (secondary N) is 1. The van der Waals surface area contributed by atoms with Gasteiger partial charge in [0.25, 0.3) is 5.91 Å².